The number of halogens is 2. The van der Waals surface area contributed by atoms with E-state index in [9.17, 15) is 18.5 Å². The second-order valence-corrected chi connectivity index (χ2v) is 13.1. The number of aryl methyl sites for hydroxylation is 1. The van der Waals surface area contributed by atoms with Gasteiger partial charge in [0.25, 0.3) is 0 Å². The molecule has 0 saturated carbocycles. The Labute approximate surface area is 242 Å². The molecule has 3 saturated heterocycles. The summed E-state index contributed by atoms with van der Waals surface area (Å²) in [5.74, 6) is 0.607. The molecule has 0 aliphatic carbocycles. The van der Waals surface area contributed by atoms with Gasteiger partial charge < -0.3 is 19.2 Å². The van der Waals surface area contributed by atoms with Gasteiger partial charge in [0.2, 0.25) is 0 Å². The maximum atomic E-state index is 15.1. The third kappa shape index (κ3) is 4.51. The monoisotopic (exact) mass is 596 g/mol. The van der Waals surface area contributed by atoms with E-state index in [1.165, 1.54) is 18.2 Å². The first-order chi connectivity index (χ1) is 20.2. The van der Waals surface area contributed by atoms with E-state index < -0.39 is 34.0 Å². The van der Waals surface area contributed by atoms with Crippen molar-refractivity contribution in [2.24, 2.45) is 0 Å². The van der Waals surface area contributed by atoms with Gasteiger partial charge in [0, 0.05) is 64.9 Å². The van der Waals surface area contributed by atoms with Gasteiger partial charge in [0.1, 0.15) is 35.5 Å². The van der Waals surface area contributed by atoms with E-state index >= 15 is 4.39 Å². The molecule has 2 atom stereocenters. The molecule has 4 aromatic rings. The van der Waals surface area contributed by atoms with Crippen LogP contribution >= 0.6 is 0 Å². The third-order valence-electron chi connectivity index (χ3n) is 8.83. The lowest BCUT2D eigenvalue weighted by atomic mass is 9.95. The smallest absolute Gasteiger partial charge is 0.349 e. The van der Waals surface area contributed by atoms with E-state index in [1.807, 2.05) is 4.90 Å². The lowest BCUT2D eigenvalue weighted by molar-refractivity contribution is 0.107. The van der Waals surface area contributed by atoms with Gasteiger partial charge in [-0.05, 0) is 49.9 Å². The van der Waals surface area contributed by atoms with Crippen LogP contribution in [0.2, 0.25) is 0 Å². The van der Waals surface area contributed by atoms with Gasteiger partial charge in [-0.1, -0.05) is 12.1 Å². The predicted octanol–water partition coefficient (Wildman–Crippen LogP) is 4.08. The zero-order chi connectivity index (χ0) is 29.2. The van der Waals surface area contributed by atoms with Crippen LogP contribution in [0.5, 0.6) is 11.8 Å². The molecule has 1 N–H and O–H groups in total. The van der Waals surface area contributed by atoms with Crippen LogP contribution in [0.25, 0.3) is 33.0 Å². The van der Waals surface area contributed by atoms with Gasteiger partial charge in [-0.3, -0.25) is 9.11 Å². The minimum atomic E-state index is -0.961. The summed E-state index contributed by atoms with van der Waals surface area (Å²) in [7, 11) is -0.961. The SMILES string of the molecule is Cc1c(-c2cc(O)cc3cccc(F)c23)oc(=O)c2c(N3CCS(=O)CC3)nc(OC[C@@]34CCCN3C[C@H](F)C4)nc12. The Morgan fingerprint density at radius 1 is 1.19 bits per heavy atom. The van der Waals surface area contributed by atoms with Crippen LogP contribution < -0.4 is 15.3 Å². The molecule has 3 aliphatic rings. The van der Waals surface area contributed by atoms with Gasteiger partial charge in [-0.15, -0.1) is 0 Å². The number of rotatable bonds is 5. The maximum absolute atomic E-state index is 15.1. The van der Waals surface area contributed by atoms with Crippen LogP contribution in [0.3, 0.4) is 0 Å². The van der Waals surface area contributed by atoms with Crippen molar-refractivity contribution in [3.63, 3.8) is 0 Å². The summed E-state index contributed by atoms with van der Waals surface area (Å²) in [4.78, 5) is 27.0. The number of benzene rings is 2. The quantitative estimate of drug-likeness (QED) is 0.365. The molecule has 0 unspecified atom stereocenters. The number of aromatic hydroxyl groups is 1. The van der Waals surface area contributed by atoms with Crippen LogP contribution in [-0.2, 0) is 10.8 Å². The third-order valence-corrected chi connectivity index (χ3v) is 10.1. The van der Waals surface area contributed by atoms with Crippen molar-refractivity contribution in [2.45, 2.75) is 37.9 Å². The molecule has 2 aromatic carbocycles. The largest absolute Gasteiger partial charge is 0.508 e. The first-order valence-corrected chi connectivity index (χ1v) is 15.6. The van der Waals surface area contributed by atoms with Gasteiger partial charge in [-0.2, -0.15) is 9.97 Å². The summed E-state index contributed by atoms with van der Waals surface area (Å²) >= 11 is 0. The Morgan fingerprint density at radius 2 is 2.00 bits per heavy atom. The Kier molecular flexibility index (Phi) is 6.65. The normalized spacial score (nSPS) is 23.2. The second kappa shape index (κ2) is 10.3. The van der Waals surface area contributed by atoms with Crippen LogP contribution in [0.4, 0.5) is 14.6 Å². The highest BCUT2D eigenvalue weighted by atomic mass is 32.2. The lowest BCUT2D eigenvalue weighted by Gasteiger charge is -2.31. The van der Waals surface area contributed by atoms with Gasteiger partial charge in [0.15, 0.2) is 5.82 Å². The number of fused-ring (bicyclic) bond motifs is 3. The topological polar surface area (TPSA) is 109 Å². The van der Waals surface area contributed by atoms with Crippen LogP contribution in [0.15, 0.2) is 39.5 Å². The van der Waals surface area contributed by atoms with Crippen LogP contribution in [0.1, 0.15) is 24.8 Å². The molecule has 0 spiro atoms. The van der Waals surface area contributed by atoms with Crippen LogP contribution in [-0.4, -0.2) is 80.2 Å². The minimum Gasteiger partial charge on any atom is -0.508 e. The summed E-state index contributed by atoms with van der Waals surface area (Å²) in [6, 6.07) is 7.36. The number of aromatic nitrogens is 2. The summed E-state index contributed by atoms with van der Waals surface area (Å²) in [6.45, 7) is 3.96. The number of phenolic OH excluding ortho intramolecular Hbond substituents is 1. The molecule has 2 aromatic heterocycles. The molecule has 3 fully saturated rings. The fraction of sp³-hybridized carbons (Fsp3) is 0.433. The molecule has 7 rings (SSSR count). The van der Waals surface area contributed by atoms with Crippen molar-refractivity contribution >= 4 is 38.3 Å². The Balaban J connectivity index is 1.39. The van der Waals surface area contributed by atoms with Crippen molar-refractivity contribution in [2.75, 3.05) is 49.2 Å². The number of alkyl halides is 1. The molecule has 220 valence electrons. The fourth-order valence-corrected chi connectivity index (χ4v) is 7.86. The lowest BCUT2D eigenvalue weighted by Crippen LogP contribution is -2.43. The van der Waals surface area contributed by atoms with Gasteiger partial charge >= 0.3 is 11.6 Å². The second-order valence-electron chi connectivity index (χ2n) is 11.4. The number of nitrogens with zero attached hydrogens (tertiary/aromatic N) is 4. The Hall–Kier alpha value is -3.64. The van der Waals surface area contributed by atoms with E-state index in [4.69, 9.17) is 9.15 Å². The summed E-state index contributed by atoms with van der Waals surface area (Å²) in [5.41, 5.74) is -0.205. The van der Waals surface area contributed by atoms with E-state index in [0.717, 1.165) is 19.4 Å². The van der Waals surface area contributed by atoms with E-state index in [2.05, 4.69) is 14.9 Å². The summed E-state index contributed by atoms with van der Waals surface area (Å²) in [6.07, 6.45) is 1.24. The molecule has 0 bridgehead atoms. The van der Waals surface area contributed by atoms with Crippen molar-refractivity contribution in [3.05, 3.63) is 52.1 Å². The molecule has 3 aliphatic heterocycles. The van der Waals surface area contributed by atoms with E-state index in [-0.39, 0.29) is 46.0 Å². The number of hydrogen-bond acceptors (Lipinski definition) is 9. The average molecular weight is 597 g/mol. The number of phenols is 1. The zero-order valence-corrected chi connectivity index (χ0v) is 23.9. The standard InChI is InChI=1S/C30H30F2N4O5S/c1-17-25-24(28(38)41-26(17)21-13-20(37)12-18-4-2-5-22(32)23(18)21)27(35-8-10-42(39)11-9-35)34-29(33-25)40-16-30-6-3-7-36(30)15-19(31)14-30/h2,4-5,12-13,19,37H,3,6-11,14-16H2,1H3/t19-,30+/m1/s1. The highest BCUT2D eigenvalue weighted by molar-refractivity contribution is 7.85. The number of hydrogen-bond donors (Lipinski definition) is 1. The van der Waals surface area contributed by atoms with Gasteiger partial charge in [0.05, 0.1) is 11.1 Å². The number of ether oxygens (including phenoxy) is 1. The van der Waals surface area contributed by atoms with Crippen molar-refractivity contribution < 1.29 is 27.3 Å². The molecular formula is C30H30F2N4O5S. The van der Waals surface area contributed by atoms with Crippen molar-refractivity contribution in [1.82, 2.24) is 14.9 Å². The van der Waals surface area contributed by atoms with E-state index in [1.54, 1.807) is 19.1 Å². The maximum Gasteiger partial charge on any atom is 0.349 e. The molecule has 0 radical (unpaired) electrons. The Bertz CT molecular complexity index is 1810. The highest BCUT2D eigenvalue weighted by Crippen LogP contribution is 2.41. The average Bonchev–Trinajstić information content (AvgIpc) is 3.49. The van der Waals surface area contributed by atoms with Crippen molar-refractivity contribution in [3.8, 4) is 23.1 Å². The zero-order valence-electron chi connectivity index (χ0n) is 23.1. The summed E-state index contributed by atoms with van der Waals surface area (Å²) < 4.78 is 53.6. The summed E-state index contributed by atoms with van der Waals surface area (Å²) in [5, 5.41) is 11.2. The fourth-order valence-electron chi connectivity index (χ4n) is 6.81. The predicted molar refractivity (Wildman–Crippen MR) is 156 cm³/mol. The van der Waals surface area contributed by atoms with Crippen molar-refractivity contribution in [1.29, 1.82) is 0 Å². The molecular weight excluding hydrogens is 566 g/mol. The molecule has 5 heterocycles. The van der Waals surface area contributed by atoms with Crippen LogP contribution in [0, 0.1) is 12.7 Å². The minimum absolute atomic E-state index is 0.0410. The molecule has 42 heavy (non-hydrogen) atoms. The van der Waals surface area contributed by atoms with E-state index in [0.29, 0.717) is 54.3 Å². The highest BCUT2D eigenvalue weighted by Gasteiger charge is 2.49. The van der Waals surface area contributed by atoms with Gasteiger partial charge in [-0.25, -0.2) is 13.6 Å². The first kappa shape index (κ1) is 27.2. The Morgan fingerprint density at radius 3 is 2.81 bits per heavy atom. The molecule has 9 nitrogen and oxygen atoms in total. The number of anilines is 1. The molecule has 12 heteroatoms. The first-order valence-electron chi connectivity index (χ1n) is 14.1. The molecule has 0 amide bonds.